The van der Waals surface area contributed by atoms with E-state index >= 15 is 0 Å². The molecule has 0 fully saturated rings. The Morgan fingerprint density at radius 3 is 3.15 bits per heavy atom. The Hall–Kier alpha value is -2.50. The lowest BCUT2D eigenvalue weighted by Gasteiger charge is -2.29. The molecule has 1 atom stereocenters. The summed E-state index contributed by atoms with van der Waals surface area (Å²) < 4.78 is 5.75. The van der Waals surface area contributed by atoms with E-state index in [9.17, 15) is 4.79 Å². The molecule has 0 aliphatic carbocycles. The standard InChI is InChI=1S/C14H16N4O2/c1-18(9-13-15-6-7-16-13)14(19)12-8-17-10-4-2-3-5-11(10)20-12/h2-7,12,17H,8-9H2,1H3,(H,15,16). The molecule has 2 aromatic rings. The first-order chi connectivity index (χ1) is 9.74. The van der Waals surface area contributed by atoms with Crippen molar-refractivity contribution in [1.82, 2.24) is 14.9 Å². The zero-order valence-electron chi connectivity index (χ0n) is 11.2. The van der Waals surface area contributed by atoms with Crippen molar-refractivity contribution in [3.05, 3.63) is 42.5 Å². The van der Waals surface area contributed by atoms with Gasteiger partial charge < -0.3 is 19.9 Å². The summed E-state index contributed by atoms with van der Waals surface area (Å²) in [5, 5.41) is 3.21. The number of aromatic amines is 1. The van der Waals surface area contributed by atoms with Crippen LogP contribution < -0.4 is 10.1 Å². The van der Waals surface area contributed by atoms with Crippen LogP contribution >= 0.6 is 0 Å². The Labute approximate surface area is 116 Å². The number of para-hydroxylation sites is 2. The molecule has 6 nitrogen and oxygen atoms in total. The van der Waals surface area contributed by atoms with Crippen molar-refractivity contribution < 1.29 is 9.53 Å². The molecule has 0 radical (unpaired) electrons. The Kier molecular flexibility index (Phi) is 3.28. The van der Waals surface area contributed by atoms with Crippen molar-refractivity contribution in [2.24, 2.45) is 0 Å². The molecule has 0 bridgehead atoms. The molecular weight excluding hydrogens is 256 g/mol. The number of fused-ring (bicyclic) bond motifs is 1. The van der Waals surface area contributed by atoms with Crippen LogP contribution in [0.2, 0.25) is 0 Å². The molecule has 1 unspecified atom stereocenters. The third-order valence-corrected chi connectivity index (χ3v) is 3.23. The molecule has 2 N–H and O–H groups in total. The number of nitrogens with one attached hydrogen (secondary N) is 2. The van der Waals surface area contributed by atoms with Gasteiger partial charge in [0.05, 0.1) is 18.8 Å². The maximum absolute atomic E-state index is 12.4. The molecule has 3 rings (SSSR count). The molecule has 1 amide bonds. The van der Waals surface area contributed by atoms with Gasteiger partial charge in [0.15, 0.2) is 6.10 Å². The highest BCUT2D eigenvalue weighted by Gasteiger charge is 2.28. The maximum Gasteiger partial charge on any atom is 0.265 e. The van der Waals surface area contributed by atoms with Gasteiger partial charge in [-0.2, -0.15) is 0 Å². The van der Waals surface area contributed by atoms with Gasteiger partial charge in [0.25, 0.3) is 5.91 Å². The van der Waals surface area contributed by atoms with E-state index in [4.69, 9.17) is 4.74 Å². The largest absolute Gasteiger partial charge is 0.477 e. The summed E-state index contributed by atoms with van der Waals surface area (Å²) in [6, 6.07) is 7.61. The van der Waals surface area contributed by atoms with Gasteiger partial charge in [0.1, 0.15) is 11.6 Å². The highest BCUT2D eigenvalue weighted by atomic mass is 16.5. The first-order valence-corrected chi connectivity index (χ1v) is 6.47. The van der Waals surface area contributed by atoms with Gasteiger partial charge in [-0.25, -0.2) is 4.98 Å². The molecular formula is C14H16N4O2. The highest BCUT2D eigenvalue weighted by Crippen LogP contribution is 2.28. The van der Waals surface area contributed by atoms with Crippen LogP contribution in [-0.2, 0) is 11.3 Å². The predicted molar refractivity (Wildman–Crippen MR) is 74.4 cm³/mol. The van der Waals surface area contributed by atoms with E-state index in [1.165, 1.54) is 0 Å². The van der Waals surface area contributed by atoms with Crippen LogP contribution in [0.4, 0.5) is 5.69 Å². The van der Waals surface area contributed by atoms with Crippen LogP contribution in [0.25, 0.3) is 0 Å². The molecule has 20 heavy (non-hydrogen) atoms. The van der Waals surface area contributed by atoms with Crippen molar-refractivity contribution in [2.45, 2.75) is 12.6 Å². The summed E-state index contributed by atoms with van der Waals surface area (Å²) in [5.41, 5.74) is 0.922. The number of benzene rings is 1. The number of amides is 1. The Morgan fingerprint density at radius 2 is 2.35 bits per heavy atom. The van der Waals surface area contributed by atoms with Crippen molar-refractivity contribution >= 4 is 11.6 Å². The fraction of sp³-hybridized carbons (Fsp3) is 0.286. The SMILES string of the molecule is CN(Cc1ncc[nH]1)C(=O)C1CNc2ccccc2O1. The summed E-state index contributed by atoms with van der Waals surface area (Å²) in [6.07, 6.45) is 2.90. The number of anilines is 1. The van der Waals surface area contributed by atoms with Gasteiger partial charge in [-0.05, 0) is 12.1 Å². The number of likely N-dealkylation sites (N-methyl/N-ethyl adjacent to an activating group) is 1. The van der Waals surface area contributed by atoms with Gasteiger partial charge in [0, 0.05) is 19.4 Å². The van der Waals surface area contributed by atoms with Crippen molar-refractivity contribution in [2.75, 3.05) is 18.9 Å². The van der Waals surface area contributed by atoms with Crippen molar-refractivity contribution in [1.29, 1.82) is 0 Å². The zero-order valence-corrected chi connectivity index (χ0v) is 11.2. The normalized spacial score (nSPS) is 16.8. The molecule has 1 aliphatic rings. The van der Waals surface area contributed by atoms with Crippen LogP contribution in [0.5, 0.6) is 5.75 Å². The summed E-state index contributed by atoms with van der Waals surface area (Å²) in [6.45, 7) is 0.908. The average molecular weight is 272 g/mol. The number of carbonyl (C=O) groups excluding carboxylic acids is 1. The minimum Gasteiger partial charge on any atom is -0.477 e. The lowest BCUT2D eigenvalue weighted by molar-refractivity contribution is -0.137. The summed E-state index contributed by atoms with van der Waals surface area (Å²) in [4.78, 5) is 21.1. The topological polar surface area (TPSA) is 70.2 Å². The van der Waals surface area contributed by atoms with Crippen LogP contribution in [0.3, 0.4) is 0 Å². The number of aromatic nitrogens is 2. The fourth-order valence-corrected chi connectivity index (χ4v) is 2.18. The minimum atomic E-state index is -0.509. The fourth-order valence-electron chi connectivity index (χ4n) is 2.18. The molecule has 1 aromatic heterocycles. The number of H-pyrrole nitrogens is 1. The van der Waals surface area contributed by atoms with Crippen molar-refractivity contribution in [3.63, 3.8) is 0 Å². The maximum atomic E-state index is 12.4. The summed E-state index contributed by atoms with van der Waals surface area (Å²) >= 11 is 0. The van der Waals surface area contributed by atoms with Crippen LogP contribution in [0.1, 0.15) is 5.82 Å². The molecule has 6 heteroatoms. The van der Waals surface area contributed by atoms with Gasteiger partial charge >= 0.3 is 0 Å². The smallest absolute Gasteiger partial charge is 0.265 e. The molecule has 1 aromatic carbocycles. The highest BCUT2D eigenvalue weighted by molar-refractivity contribution is 5.82. The molecule has 0 saturated carbocycles. The number of carbonyl (C=O) groups is 1. The van der Waals surface area contributed by atoms with Gasteiger partial charge in [-0.15, -0.1) is 0 Å². The third-order valence-electron chi connectivity index (χ3n) is 3.23. The molecule has 0 spiro atoms. The average Bonchev–Trinajstić information content (AvgIpc) is 2.99. The van der Waals surface area contributed by atoms with E-state index in [-0.39, 0.29) is 5.91 Å². The van der Waals surface area contributed by atoms with E-state index < -0.39 is 6.10 Å². The lowest BCUT2D eigenvalue weighted by Crippen LogP contribution is -2.45. The van der Waals surface area contributed by atoms with Crippen LogP contribution in [0.15, 0.2) is 36.7 Å². The first kappa shape index (κ1) is 12.5. The number of imidazole rings is 1. The quantitative estimate of drug-likeness (QED) is 0.882. The Balaban J connectivity index is 1.66. The van der Waals surface area contributed by atoms with Crippen LogP contribution in [0, 0.1) is 0 Å². The zero-order chi connectivity index (χ0) is 13.9. The Bertz CT molecular complexity index is 597. The minimum absolute atomic E-state index is 0.0663. The predicted octanol–water partition coefficient (Wildman–Crippen LogP) is 1.24. The number of nitrogens with zero attached hydrogens (tertiary/aromatic N) is 2. The van der Waals surface area contributed by atoms with E-state index in [1.54, 1.807) is 24.3 Å². The number of hydrogen-bond acceptors (Lipinski definition) is 4. The Morgan fingerprint density at radius 1 is 1.50 bits per heavy atom. The number of rotatable bonds is 3. The number of ether oxygens (including phenoxy) is 1. The lowest BCUT2D eigenvalue weighted by atomic mass is 10.2. The second kappa shape index (κ2) is 5.24. The summed E-state index contributed by atoms with van der Waals surface area (Å²) in [5.74, 6) is 1.40. The third kappa shape index (κ3) is 2.45. The molecule has 1 aliphatic heterocycles. The van der Waals surface area contributed by atoms with Gasteiger partial charge in [0.2, 0.25) is 0 Å². The van der Waals surface area contributed by atoms with Gasteiger partial charge in [-0.3, -0.25) is 4.79 Å². The van der Waals surface area contributed by atoms with Crippen molar-refractivity contribution in [3.8, 4) is 5.75 Å². The monoisotopic (exact) mass is 272 g/mol. The second-order valence-electron chi connectivity index (χ2n) is 4.71. The first-order valence-electron chi connectivity index (χ1n) is 6.47. The number of hydrogen-bond donors (Lipinski definition) is 2. The molecule has 2 heterocycles. The second-order valence-corrected chi connectivity index (χ2v) is 4.71. The summed E-state index contributed by atoms with van der Waals surface area (Å²) in [7, 11) is 1.74. The van der Waals surface area contributed by atoms with E-state index in [0.29, 0.717) is 18.8 Å². The van der Waals surface area contributed by atoms with E-state index in [0.717, 1.165) is 11.5 Å². The molecule has 0 saturated heterocycles. The van der Waals surface area contributed by atoms with E-state index in [2.05, 4.69) is 15.3 Å². The molecule has 104 valence electrons. The van der Waals surface area contributed by atoms with E-state index in [1.807, 2.05) is 24.3 Å². The van der Waals surface area contributed by atoms with Gasteiger partial charge in [-0.1, -0.05) is 12.1 Å². The van der Waals surface area contributed by atoms with Crippen LogP contribution in [-0.4, -0.2) is 40.5 Å².